The van der Waals surface area contributed by atoms with Gasteiger partial charge in [-0.3, -0.25) is 4.79 Å². The molecule has 12 heteroatoms. The van der Waals surface area contributed by atoms with Gasteiger partial charge in [0.1, 0.15) is 17.3 Å². The molecule has 44 heavy (non-hydrogen) atoms. The van der Waals surface area contributed by atoms with E-state index < -0.39 is 10.0 Å². The van der Waals surface area contributed by atoms with Crippen LogP contribution < -0.4 is 4.74 Å². The molecule has 1 amide bonds. The van der Waals surface area contributed by atoms with Crippen LogP contribution in [0.2, 0.25) is 0 Å². The maximum Gasteiger partial charge on any atom is 0.243 e. The van der Waals surface area contributed by atoms with Crippen LogP contribution in [-0.4, -0.2) is 76.4 Å². The summed E-state index contributed by atoms with van der Waals surface area (Å²) in [6, 6.07) is 20.7. The highest BCUT2D eigenvalue weighted by Crippen LogP contribution is 2.25. The molecule has 3 aromatic carbocycles. The summed E-state index contributed by atoms with van der Waals surface area (Å²) >= 11 is 0. The van der Waals surface area contributed by atoms with E-state index in [2.05, 4.69) is 27.1 Å². The van der Waals surface area contributed by atoms with E-state index in [9.17, 15) is 17.6 Å². The number of methoxy groups -OCH3 is 1. The van der Waals surface area contributed by atoms with Crippen molar-refractivity contribution in [2.24, 2.45) is 0 Å². The third kappa shape index (κ3) is 6.36. The number of aromatic nitrogens is 4. The molecule has 228 valence electrons. The predicted molar refractivity (Wildman–Crippen MR) is 163 cm³/mol. The Kier molecular flexibility index (Phi) is 8.45. The van der Waals surface area contributed by atoms with E-state index in [-0.39, 0.29) is 29.7 Å². The van der Waals surface area contributed by atoms with Crippen molar-refractivity contribution >= 4 is 26.8 Å². The van der Waals surface area contributed by atoms with Gasteiger partial charge in [0, 0.05) is 49.7 Å². The van der Waals surface area contributed by atoms with Crippen LogP contribution in [0.4, 0.5) is 4.39 Å². The maximum atomic E-state index is 13.2. The molecule has 0 radical (unpaired) electrons. The quantitative estimate of drug-likeness (QED) is 0.236. The Hall–Kier alpha value is -4.55. The van der Waals surface area contributed by atoms with Crippen LogP contribution >= 0.6 is 0 Å². The summed E-state index contributed by atoms with van der Waals surface area (Å²) in [5.74, 6) is 0.324. The van der Waals surface area contributed by atoms with Crippen molar-refractivity contribution in [3.8, 4) is 5.75 Å². The molecule has 0 saturated carbocycles. The first kappa shape index (κ1) is 29.5. The van der Waals surface area contributed by atoms with Gasteiger partial charge in [-0.2, -0.15) is 4.31 Å². The molecule has 0 aliphatic carbocycles. The van der Waals surface area contributed by atoms with Gasteiger partial charge < -0.3 is 14.2 Å². The van der Waals surface area contributed by atoms with E-state index >= 15 is 0 Å². The molecule has 1 fully saturated rings. The Labute approximate surface area is 255 Å². The summed E-state index contributed by atoms with van der Waals surface area (Å²) in [6.07, 6.45) is 4.84. The van der Waals surface area contributed by atoms with Gasteiger partial charge in [0.15, 0.2) is 0 Å². The molecule has 0 bridgehead atoms. The number of ether oxygens (including phenoxy) is 1. The Morgan fingerprint density at radius 1 is 0.909 bits per heavy atom. The molecule has 1 aliphatic rings. The number of piperazine rings is 1. The van der Waals surface area contributed by atoms with E-state index in [1.54, 1.807) is 33.8 Å². The first-order valence-corrected chi connectivity index (χ1v) is 15.9. The minimum Gasteiger partial charge on any atom is -0.497 e. The molecule has 6 rings (SSSR count). The zero-order valence-electron chi connectivity index (χ0n) is 24.3. The molecule has 10 nitrogen and oxygen atoms in total. The number of fused-ring (bicyclic) bond motifs is 1. The molecule has 0 unspecified atom stereocenters. The fraction of sp³-hybridized carbons (Fsp3) is 0.281. The van der Waals surface area contributed by atoms with Crippen molar-refractivity contribution in [3.63, 3.8) is 0 Å². The van der Waals surface area contributed by atoms with Gasteiger partial charge in [0.2, 0.25) is 15.9 Å². The number of para-hydroxylation sites is 1. The summed E-state index contributed by atoms with van der Waals surface area (Å²) < 4.78 is 49.8. The monoisotopic (exact) mass is 616 g/mol. The normalized spacial score (nSPS) is 14.3. The molecule has 0 atom stereocenters. The zero-order chi connectivity index (χ0) is 30.7. The Morgan fingerprint density at radius 3 is 2.36 bits per heavy atom. The number of aryl methyl sites for hydroxylation is 1. The first-order valence-electron chi connectivity index (χ1n) is 14.4. The SMILES string of the molecule is COc1ccc(S(=O)(=O)N2CCN(C(=O)CCc3cn(Cc4cn(Cc5ccc(F)cc5)nn4)c4ccccc34)CC2)cc1. The highest BCUT2D eigenvalue weighted by atomic mass is 32.2. The summed E-state index contributed by atoms with van der Waals surface area (Å²) in [4.78, 5) is 15.1. The van der Waals surface area contributed by atoms with Crippen molar-refractivity contribution in [3.05, 3.63) is 108 Å². The molecular weight excluding hydrogens is 583 g/mol. The average molecular weight is 617 g/mol. The zero-order valence-corrected chi connectivity index (χ0v) is 25.2. The van der Waals surface area contributed by atoms with Gasteiger partial charge in [-0.25, -0.2) is 17.5 Å². The van der Waals surface area contributed by atoms with Crippen LogP contribution in [0.15, 0.2) is 90.1 Å². The first-order chi connectivity index (χ1) is 21.3. The summed E-state index contributed by atoms with van der Waals surface area (Å²) in [5, 5.41) is 9.65. The number of hydrogen-bond acceptors (Lipinski definition) is 6. The second kappa shape index (κ2) is 12.6. The number of carbonyl (C=O) groups is 1. The minimum atomic E-state index is -3.64. The Balaban J connectivity index is 1.07. The van der Waals surface area contributed by atoms with Crippen LogP contribution in [0.3, 0.4) is 0 Å². The lowest BCUT2D eigenvalue weighted by molar-refractivity contribution is -0.132. The fourth-order valence-electron chi connectivity index (χ4n) is 5.57. The van der Waals surface area contributed by atoms with Crippen molar-refractivity contribution in [1.82, 2.24) is 28.8 Å². The van der Waals surface area contributed by atoms with E-state index in [1.165, 1.54) is 35.7 Å². The number of rotatable bonds is 10. The summed E-state index contributed by atoms with van der Waals surface area (Å²) in [7, 11) is -2.11. The van der Waals surface area contributed by atoms with Crippen LogP contribution in [0.5, 0.6) is 5.75 Å². The third-order valence-electron chi connectivity index (χ3n) is 7.94. The summed E-state index contributed by atoms with van der Waals surface area (Å²) in [5.41, 5.74) is 3.83. The lowest BCUT2D eigenvalue weighted by atomic mass is 10.1. The second-order valence-electron chi connectivity index (χ2n) is 10.8. The van der Waals surface area contributed by atoms with Gasteiger partial charge in [-0.15, -0.1) is 5.10 Å². The average Bonchev–Trinajstić information content (AvgIpc) is 3.65. The fourth-order valence-corrected chi connectivity index (χ4v) is 6.99. The molecule has 5 aromatic rings. The van der Waals surface area contributed by atoms with Crippen LogP contribution in [0, 0.1) is 5.82 Å². The number of sulfonamides is 1. The van der Waals surface area contributed by atoms with Crippen LogP contribution in [-0.2, 0) is 34.3 Å². The lowest BCUT2D eigenvalue weighted by Gasteiger charge is -2.34. The number of benzene rings is 3. The number of hydrogen-bond donors (Lipinski definition) is 0. The van der Waals surface area contributed by atoms with Crippen LogP contribution in [0.1, 0.15) is 23.2 Å². The van der Waals surface area contributed by atoms with Crippen LogP contribution in [0.25, 0.3) is 10.9 Å². The number of amides is 1. The van der Waals surface area contributed by atoms with Crippen molar-refractivity contribution in [1.29, 1.82) is 0 Å². The Bertz CT molecular complexity index is 1860. The van der Waals surface area contributed by atoms with E-state index in [0.29, 0.717) is 44.8 Å². The van der Waals surface area contributed by atoms with Gasteiger partial charge in [0.05, 0.1) is 31.3 Å². The van der Waals surface area contributed by atoms with E-state index in [0.717, 1.165) is 27.7 Å². The van der Waals surface area contributed by atoms with Gasteiger partial charge >= 0.3 is 0 Å². The van der Waals surface area contributed by atoms with Crippen molar-refractivity contribution in [2.75, 3.05) is 33.3 Å². The smallest absolute Gasteiger partial charge is 0.243 e. The maximum absolute atomic E-state index is 13.2. The highest BCUT2D eigenvalue weighted by molar-refractivity contribution is 7.89. The molecule has 0 N–H and O–H groups in total. The van der Waals surface area contributed by atoms with Gasteiger partial charge in [-0.05, 0) is 60.0 Å². The second-order valence-corrected chi connectivity index (χ2v) is 12.7. The number of carbonyl (C=O) groups excluding carboxylic acids is 1. The van der Waals surface area contributed by atoms with Gasteiger partial charge in [-0.1, -0.05) is 35.5 Å². The highest BCUT2D eigenvalue weighted by Gasteiger charge is 2.30. The molecular formula is C32H33FN6O4S. The lowest BCUT2D eigenvalue weighted by Crippen LogP contribution is -2.50. The number of nitrogens with zero attached hydrogens (tertiary/aromatic N) is 6. The molecule has 1 aliphatic heterocycles. The standard InChI is InChI=1S/C32H33FN6O4S/c1-43-28-11-13-29(14-12-28)44(41,42)39-18-16-36(17-19-39)32(40)15-8-25-21-37(31-5-3-2-4-30(25)31)22-27-23-38(35-34-27)20-24-6-9-26(33)10-7-24/h2-7,9-14,21,23H,8,15-20,22H2,1H3. The van der Waals surface area contributed by atoms with E-state index in [1.807, 2.05) is 24.4 Å². The molecule has 1 saturated heterocycles. The Morgan fingerprint density at radius 2 is 1.64 bits per heavy atom. The third-order valence-corrected chi connectivity index (χ3v) is 9.86. The molecule has 2 aromatic heterocycles. The number of halogens is 1. The predicted octanol–water partition coefficient (Wildman–Crippen LogP) is 3.94. The van der Waals surface area contributed by atoms with E-state index in [4.69, 9.17) is 4.74 Å². The largest absolute Gasteiger partial charge is 0.497 e. The van der Waals surface area contributed by atoms with Crippen molar-refractivity contribution < 1.29 is 22.3 Å². The minimum absolute atomic E-state index is 0.00654. The van der Waals surface area contributed by atoms with Gasteiger partial charge in [0.25, 0.3) is 0 Å². The topological polar surface area (TPSA) is 103 Å². The molecule has 0 spiro atoms. The summed E-state index contributed by atoms with van der Waals surface area (Å²) in [6.45, 7) is 2.22. The molecule has 3 heterocycles. The van der Waals surface area contributed by atoms with Crippen molar-refractivity contribution in [2.45, 2.75) is 30.8 Å².